The summed E-state index contributed by atoms with van der Waals surface area (Å²) < 4.78 is 24.2. The van der Waals surface area contributed by atoms with E-state index in [0.717, 1.165) is 5.69 Å². The molecule has 0 aromatic heterocycles. The van der Waals surface area contributed by atoms with Crippen LogP contribution in [0.5, 0.6) is 11.5 Å². The third-order valence-corrected chi connectivity index (χ3v) is 3.13. The van der Waals surface area contributed by atoms with E-state index in [-0.39, 0.29) is 10.6 Å². The first-order valence-corrected chi connectivity index (χ1v) is 6.54. The average molecular weight is 306 g/mol. The smallest absolute Gasteiger partial charge is 0.162 e. The first kappa shape index (κ1) is 15.1. The maximum Gasteiger partial charge on any atom is 0.162 e. The molecule has 0 atom stereocenters. The number of methoxy groups -OCH3 is 2. The summed E-state index contributed by atoms with van der Waals surface area (Å²) >= 11 is 4.77. The Bertz CT molecular complexity index is 677. The van der Waals surface area contributed by atoms with Crippen molar-refractivity contribution < 1.29 is 13.9 Å². The molecule has 0 amide bonds. The highest BCUT2D eigenvalue weighted by molar-refractivity contribution is 7.80. The van der Waals surface area contributed by atoms with Crippen LogP contribution in [0.25, 0.3) is 0 Å². The van der Waals surface area contributed by atoms with Crippen molar-refractivity contribution in [1.29, 1.82) is 0 Å². The van der Waals surface area contributed by atoms with Crippen LogP contribution in [0.15, 0.2) is 36.4 Å². The highest BCUT2D eigenvalue weighted by Gasteiger charge is 2.08. The Morgan fingerprint density at radius 1 is 1.05 bits per heavy atom. The molecule has 0 aliphatic heterocycles. The first-order chi connectivity index (χ1) is 10.0. The van der Waals surface area contributed by atoms with Gasteiger partial charge in [0.1, 0.15) is 10.8 Å². The molecule has 0 fully saturated rings. The van der Waals surface area contributed by atoms with Crippen molar-refractivity contribution in [2.45, 2.75) is 0 Å². The standard InChI is InChI=1S/C15H15FN2O2S/c1-19-13-6-4-10(8-14(13)20-2)18-9-3-5-11(15(17)21)12(16)7-9/h3-8,18H,1-2H3,(H2,17,21). The minimum absolute atomic E-state index is 0.0326. The molecule has 110 valence electrons. The van der Waals surface area contributed by atoms with Gasteiger partial charge < -0.3 is 20.5 Å². The molecule has 0 radical (unpaired) electrons. The highest BCUT2D eigenvalue weighted by atomic mass is 32.1. The van der Waals surface area contributed by atoms with E-state index in [1.165, 1.54) is 6.07 Å². The van der Waals surface area contributed by atoms with Gasteiger partial charge >= 0.3 is 0 Å². The van der Waals surface area contributed by atoms with Crippen molar-refractivity contribution in [3.8, 4) is 11.5 Å². The van der Waals surface area contributed by atoms with Gasteiger partial charge in [0.25, 0.3) is 0 Å². The second-order valence-electron chi connectivity index (χ2n) is 4.25. The quantitative estimate of drug-likeness (QED) is 0.831. The number of hydrogen-bond donors (Lipinski definition) is 2. The minimum atomic E-state index is -0.465. The van der Waals surface area contributed by atoms with Crippen molar-refractivity contribution in [3.63, 3.8) is 0 Å². The van der Waals surface area contributed by atoms with Crippen molar-refractivity contribution in [2.24, 2.45) is 5.73 Å². The summed E-state index contributed by atoms with van der Waals surface area (Å²) in [6.07, 6.45) is 0. The number of anilines is 2. The number of nitrogens with one attached hydrogen (secondary N) is 1. The Kier molecular flexibility index (Phi) is 4.59. The number of nitrogens with two attached hydrogens (primary N) is 1. The maximum atomic E-state index is 13.8. The zero-order valence-electron chi connectivity index (χ0n) is 11.6. The van der Waals surface area contributed by atoms with Crippen molar-refractivity contribution >= 4 is 28.6 Å². The van der Waals surface area contributed by atoms with Crippen molar-refractivity contribution in [3.05, 3.63) is 47.8 Å². The van der Waals surface area contributed by atoms with Crippen LogP contribution in [0.4, 0.5) is 15.8 Å². The van der Waals surface area contributed by atoms with Gasteiger partial charge in [0.15, 0.2) is 11.5 Å². The Hall–Kier alpha value is -2.34. The molecule has 3 N–H and O–H groups in total. The molecule has 0 aliphatic carbocycles. The van der Waals surface area contributed by atoms with Gasteiger partial charge in [-0.05, 0) is 30.3 Å². The second-order valence-corrected chi connectivity index (χ2v) is 4.69. The molecule has 0 bridgehead atoms. The zero-order valence-corrected chi connectivity index (χ0v) is 12.5. The molecule has 2 aromatic carbocycles. The lowest BCUT2D eigenvalue weighted by Crippen LogP contribution is -2.11. The SMILES string of the molecule is COc1ccc(Nc2ccc(C(N)=S)c(F)c2)cc1OC. The van der Waals surface area contributed by atoms with Crippen LogP contribution < -0.4 is 20.5 Å². The van der Waals surface area contributed by atoms with E-state index >= 15 is 0 Å². The summed E-state index contributed by atoms with van der Waals surface area (Å²) in [6.45, 7) is 0. The molecule has 21 heavy (non-hydrogen) atoms. The Balaban J connectivity index is 2.26. The number of halogens is 1. The van der Waals surface area contributed by atoms with Gasteiger partial charge in [0, 0.05) is 23.0 Å². The molecule has 4 nitrogen and oxygen atoms in total. The van der Waals surface area contributed by atoms with Gasteiger partial charge in [-0.2, -0.15) is 0 Å². The second kappa shape index (κ2) is 6.41. The Labute approximate surface area is 127 Å². The summed E-state index contributed by atoms with van der Waals surface area (Å²) in [5.41, 5.74) is 6.98. The topological polar surface area (TPSA) is 56.5 Å². The van der Waals surface area contributed by atoms with Crippen LogP contribution in [0.1, 0.15) is 5.56 Å². The number of thiocarbonyl (C=S) groups is 1. The van der Waals surface area contributed by atoms with Crippen molar-refractivity contribution in [1.82, 2.24) is 0 Å². The number of rotatable bonds is 5. The fourth-order valence-electron chi connectivity index (χ4n) is 1.87. The number of hydrogen-bond acceptors (Lipinski definition) is 4. The van der Waals surface area contributed by atoms with Crippen LogP contribution in [0, 0.1) is 5.82 Å². The lowest BCUT2D eigenvalue weighted by Gasteiger charge is -2.12. The monoisotopic (exact) mass is 306 g/mol. The predicted molar refractivity (Wildman–Crippen MR) is 85.1 cm³/mol. The van der Waals surface area contributed by atoms with Crippen LogP contribution in [0.2, 0.25) is 0 Å². The third kappa shape index (κ3) is 3.41. The lowest BCUT2D eigenvalue weighted by atomic mass is 10.2. The highest BCUT2D eigenvalue weighted by Crippen LogP contribution is 2.31. The van der Waals surface area contributed by atoms with E-state index in [2.05, 4.69) is 5.32 Å². The Morgan fingerprint density at radius 2 is 1.67 bits per heavy atom. The van der Waals surface area contributed by atoms with Crippen LogP contribution in [-0.4, -0.2) is 19.2 Å². The van der Waals surface area contributed by atoms with Crippen molar-refractivity contribution in [2.75, 3.05) is 19.5 Å². The predicted octanol–water partition coefficient (Wildman–Crippen LogP) is 3.22. The summed E-state index contributed by atoms with van der Waals surface area (Å²) in [5, 5.41) is 3.08. The van der Waals surface area contributed by atoms with Gasteiger partial charge in [0.05, 0.1) is 14.2 Å². The van der Waals surface area contributed by atoms with E-state index in [1.54, 1.807) is 44.6 Å². The Morgan fingerprint density at radius 3 is 2.24 bits per heavy atom. The normalized spacial score (nSPS) is 10.0. The first-order valence-electron chi connectivity index (χ1n) is 6.13. The van der Waals surface area contributed by atoms with E-state index in [9.17, 15) is 4.39 Å². The molecule has 0 saturated carbocycles. The molecule has 0 unspecified atom stereocenters. The fraction of sp³-hybridized carbons (Fsp3) is 0.133. The molecule has 6 heteroatoms. The van der Waals surface area contributed by atoms with E-state index in [1.807, 2.05) is 0 Å². The lowest BCUT2D eigenvalue weighted by molar-refractivity contribution is 0.355. The van der Waals surface area contributed by atoms with Gasteiger partial charge in [0.2, 0.25) is 0 Å². The molecule has 0 saturated heterocycles. The number of benzene rings is 2. The zero-order chi connectivity index (χ0) is 15.4. The van der Waals surface area contributed by atoms with Crippen LogP contribution in [-0.2, 0) is 0 Å². The average Bonchev–Trinajstić information content (AvgIpc) is 2.46. The molecular formula is C15H15FN2O2S. The minimum Gasteiger partial charge on any atom is -0.493 e. The maximum absolute atomic E-state index is 13.8. The fourth-order valence-corrected chi connectivity index (χ4v) is 2.04. The summed E-state index contributed by atoms with van der Waals surface area (Å²) in [5.74, 6) is 0.744. The summed E-state index contributed by atoms with van der Waals surface area (Å²) in [4.78, 5) is 0.0326. The molecule has 2 aromatic rings. The van der Waals surface area contributed by atoms with E-state index < -0.39 is 5.82 Å². The number of ether oxygens (including phenoxy) is 2. The molecule has 0 aliphatic rings. The summed E-state index contributed by atoms with van der Waals surface area (Å²) in [7, 11) is 3.12. The van der Waals surface area contributed by atoms with Crippen LogP contribution in [0.3, 0.4) is 0 Å². The molecule has 0 heterocycles. The molecule has 2 rings (SSSR count). The third-order valence-electron chi connectivity index (χ3n) is 2.91. The van der Waals surface area contributed by atoms with Gasteiger partial charge in [-0.15, -0.1) is 0 Å². The van der Waals surface area contributed by atoms with E-state index in [4.69, 9.17) is 27.4 Å². The van der Waals surface area contributed by atoms with Crippen LogP contribution >= 0.6 is 12.2 Å². The van der Waals surface area contributed by atoms with Gasteiger partial charge in [-0.25, -0.2) is 4.39 Å². The van der Waals surface area contributed by atoms with Gasteiger partial charge in [-0.1, -0.05) is 12.2 Å². The van der Waals surface area contributed by atoms with E-state index in [0.29, 0.717) is 17.2 Å². The largest absolute Gasteiger partial charge is 0.493 e. The molecular weight excluding hydrogens is 291 g/mol. The summed E-state index contributed by atoms with van der Waals surface area (Å²) in [6, 6.07) is 9.92. The molecule has 0 spiro atoms. The van der Waals surface area contributed by atoms with Gasteiger partial charge in [-0.3, -0.25) is 0 Å².